The van der Waals surface area contributed by atoms with Crippen LogP contribution in [0.25, 0.3) is 0 Å². The lowest BCUT2D eigenvalue weighted by molar-refractivity contribution is 0.181. The van der Waals surface area contributed by atoms with Gasteiger partial charge < -0.3 is 4.74 Å². The molecule has 0 N–H and O–H groups in total. The summed E-state index contributed by atoms with van der Waals surface area (Å²) < 4.78 is 5.87. The molecule has 0 amide bonds. The highest BCUT2D eigenvalue weighted by atomic mass is 28.3. The lowest BCUT2D eigenvalue weighted by Crippen LogP contribution is -2.29. The lowest BCUT2D eigenvalue weighted by Gasteiger charge is -2.20. The molecule has 1 aliphatic rings. The third kappa shape index (κ3) is 2.65. The Morgan fingerprint density at radius 2 is 1.53 bits per heavy atom. The summed E-state index contributed by atoms with van der Waals surface area (Å²) in [5, 5.41) is 0. The molecule has 1 heterocycles. The van der Waals surface area contributed by atoms with E-state index in [0.717, 1.165) is 0 Å². The van der Waals surface area contributed by atoms with Gasteiger partial charge in [-0.15, -0.1) is 5.54 Å². The summed E-state index contributed by atoms with van der Waals surface area (Å²) in [6, 6.07) is 0. The van der Waals surface area contributed by atoms with Gasteiger partial charge in [-0.05, 0) is 11.8 Å². The van der Waals surface area contributed by atoms with E-state index in [4.69, 9.17) is 4.74 Å². The smallest absolute Gasteiger partial charge is 0.147 e. The number of epoxide rings is 1. The van der Waals surface area contributed by atoms with E-state index >= 15 is 0 Å². The van der Waals surface area contributed by atoms with Gasteiger partial charge in [-0.2, -0.15) is 0 Å². The highest BCUT2D eigenvalue weighted by Gasteiger charge is 2.59. The van der Waals surface area contributed by atoms with Gasteiger partial charge in [0, 0.05) is 0 Å². The Balaban J connectivity index is 2.74. The predicted molar refractivity (Wildman–Crippen MR) is 68.4 cm³/mol. The molecule has 0 aromatic carbocycles. The summed E-state index contributed by atoms with van der Waals surface area (Å²) in [4.78, 5) is 0. The Bertz CT molecular complexity index is 280. The van der Waals surface area contributed by atoms with E-state index in [-0.39, 0.29) is 11.7 Å². The van der Waals surface area contributed by atoms with E-state index in [1.54, 1.807) is 0 Å². The van der Waals surface area contributed by atoms with Gasteiger partial charge in [0.05, 0.1) is 0 Å². The second-order valence-corrected chi connectivity index (χ2v) is 10.9. The van der Waals surface area contributed by atoms with Crippen molar-refractivity contribution in [3.05, 3.63) is 0 Å². The minimum Gasteiger partial charge on any atom is -0.352 e. The molecule has 1 unspecified atom stereocenters. The fourth-order valence-electron chi connectivity index (χ4n) is 2.14. The first-order chi connectivity index (χ1) is 6.70. The van der Waals surface area contributed by atoms with E-state index < -0.39 is 8.07 Å². The molecular formula is C13H24OSi. The Morgan fingerprint density at radius 1 is 1.07 bits per heavy atom. The van der Waals surface area contributed by atoms with Crippen molar-refractivity contribution in [2.75, 3.05) is 0 Å². The molecule has 0 aromatic rings. The van der Waals surface area contributed by atoms with Crippen molar-refractivity contribution in [2.24, 2.45) is 11.8 Å². The summed E-state index contributed by atoms with van der Waals surface area (Å²) in [5.74, 6) is 4.45. The minimum atomic E-state index is -1.25. The van der Waals surface area contributed by atoms with Crippen LogP contribution < -0.4 is 0 Å². The van der Waals surface area contributed by atoms with Crippen LogP contribution in [0.2, 0.25) is 19.6 Å². The first-order valence-electron chi connectivity index (χ1n) is 5.90. The number of ether oxygens (including phenoxy) is 1. The van der Waals surface area contributed by atoms with Crippen molar-refractivity contribution in [3.8, 4) is 11.5 Å². The van der Waals surface area contributed by atoms with Crippen molar-refractivity contribution in [1.29, 1.82) is 0 Å². The number of hydrogen-bond acceptors (Lipinski definition) is 1. The molecule has 0 saturated carbocycles. The van der Waals surface area contributed by atoms with Crippen molar-refractivity contribution in [1.82, 2.24) is 0 Å². The molecule has 1 fully saturated rings. The molecule has 1 nitrogen and oxygen atoms in total. The highest BCUT2D eigenvalue weighted by molar-refractivity contribution is 6.83. The van der Waals surface area contributed by atoms with Crippen LogP contribution in [0.4, 0.5) is 0 Å². The zero-order valence-corrected chi connectivity index (χ0v) is 12.1. The van der Waals surface area contributed by atoms with Crippen molar-refractivity contribution in [2.45, 2.75) is 59.0 Å². The van der Waals surface area contributed by atoms with Crippen LogP contribution in [0.5, 0.6) is 0 Å². The molecule has 2 heteroatoms. The number of rotatable bonds is 2. The Morgan fingerprint density at radius 3 is 1.80 bits per heavy atom. The van der Waals surface area contributed by atoms with Crippen LogP contribution in [-0.2, 0) is 4.74 Å². The van der Waals surface area contributed by atoms with Gasteiger partial charge >= 0.3 is 0 Å². The molecule has 0 radical (unpaired) electrons. The lowest BCUT2D eigenvalue weighted by atomic mass is 9.82. The third-order valence-corrected chi connectivity index (χ3v) is 3.95. The summed E-state index contributed by atoms with van der Waals surface area (Å²) in [6.45, 7) is 15.7. The monoisotopic (exact) mass is 224 g/mol. The van der Waals surface area contributed by atoms with Crippen molar-refractivity contribution >= 4 is 8.07 Å². The van der Waals surface area contributed by atoms with Gasteiger partial charge in [-0.3, -0.25) is 0 Å². The maximum atomic E-state index is 5.87. The number of hydrogen-bond donors (Lipinski definition) is 0. The molecule has 0 aliphatic carbocycles. The summed E-state index contributed by atoms with van der Waals surface area (Å²) in [7, 11) is -1.25. The molecule has 1 atom stereocenters. The quantitative estimate of drug-likeness (QED) is 0.398. The highest BCUT2D eigenvalue weighted by Crippen LogP contribution is 2.48. The third-order valence-electron chi connectivity index (χ3n) is 3.06. The zero-order valence-electron chi connectivity index (χ0n) is 11.1. The van der Waals surface area contributed by atoms with Crippen molar-refractivity contribution < 1.29 is 4.74 Å². The molecule has 15 heavy (non-hydrogen) atoms. The second kappa shape index (κ2) is 3.96. The van der Waals surface area contributed by atoms with Gasteiger partial charge in [-0.25, -0.2) is 0 Å². The largest absolute Gasteiger partial charge is 0.352 e. The fourth-order valence-corrected chi connectivity index (χ4v) is 2.70. The normalized spacial score (nSPS) is 23.9. The van der Waals surface area contributed by atoms with Crippen molar-refractivity contribution in [3.63, 3.8) is 0 Å². The Hall–Kier alpha value is -0.263. The maximum absolute atomic E-state index is 5.87. The molecule has 1 aliphatic heterocycles. The zero-order chi connectivity index (χ0) is 11.9. The van der Waals surface area contributed by atoms with E-state index in [1.165, 1.54) is 0 Å². The van der Waals surface area contributed by atoms with Crippen LogP contribution in [-0.4, -0.2) is 19.8 Å². The van der Waals surface area contributed by atoms with Crippen LogP contribution in [0, 0.1) is 23.3 Å². The summed E-state index contributed by atoms with van der Waals surface area (Å²) in [6.07, 6.45) is 0.184. The van der Waals surface area contributed by atoms with Gasteiger partial charge in [0.15, 0.2) is 0 Å². The molecule has 86 valence electrons. The summed E-state index contributed by atoms with van der Waals surface area (Å²) in [5.41, 5.74) is 3.45. The van der Waals surface area contributed by atoms with Crippen LogP contribution in [0.1, 0.15) is 27.7 Å². The maximum Gasteiger partial charge on any atom is 0.147 e. The average Bonchev–Trinajstić information content (AvgIpc) is 2.74. The SMILES string of the molecule is CC(C)C1(C(C)C)OC1C#C[Si](C)(C)C. The molecule has 1 saturated heterocycles. The van der Waals surface area contributed by atoms with E-state index in [9.17, 15) is 0 Å². The van der Waals surface area contributed by atoms with Gasteiger partial charge in [0.2, 0.25) is 0 Å². The van der Waals surface area contributed by atoms with Gasteiger partial charge in [-0.1, -0.05) is 53.3 Å². The van der Waals surface area contributed by atoms with Crippen LogP contribution in [0.3, 0.4) is 0 Å². The fraction of sp³-hybridized carbons (Fsp3) is 0.846. The van der Waals surface area contributed by atoms with E-state index in [0.29, 0.717) is 11.8 Å². The average molecular weight is 224 g/mol. The van der Waals surface area contributed by atoms with Crippen LogP contribution in [0.15, 0.2) is 0 Å². The standard InChI is InChI=1S/C13H24OSi/c1-10(2)13(11(3)4)12(14-13)8-9-15(5,6)7/h10-12H,1-7H3. The molecule has 0 spiro atoms. The van der Waals surface area contributed by atoms with Gasteiger partial charge in [0.1, 0.15) is 19.8 Å². The Kier molecular flexibility index (Phi) is 3.38. The first kappa shape index (κ1) is 12.8. The molecular weight excluding hydrogens is 200 g/mol. The second-order valence-electron chi connectivity index (χ2n) is 6.18. The van der Waals surface area contributed by atoms with E-state index in [1.807, 2.05) is 0 Å². The first-order valence-corrected chi connectivity index (χ1v) is 9.40. The molecule has 0 aromatic heterocycles. The van der Waals surface area contributed by atoms with Gasteiger partial charge in [0.25, 0.3) is 0 Å². The molecule has 1 rings (SSSR count). The minimum absolute atomic E-state index is 0.0344. The van der Waals surface area contributed by atoms with E-state index in [2.05, 4.69) is 58.8 Å². The Labute approximate surface area is 95.6 Å². The summed E-state index contributed by atoms with van der Waals surface area (Å²) >= 11 is 0. The molecule has 0 bridgehead atoms. The van der Waals surface area contributed by atoms with Crippen LogP contribution >= 0.6 is 0 Å². The predicted octanol–water partition coefficient (Wildman–Crippen LogP) is 3.32. The topological polar surface area (TPSA) is 12.5 Å².